The summed E-state index contributed by atoms with van der Waals surface area (Å²) in [4.78, 5) is 10.5. The van der Waals surface area contributed by atoms with Gasteiger partial charge in [0.15, 0.2) is 0 Å². The zero-order valence-electron chi connectivity index (χ0n) is 7.94. The first-order valence-corrected chi connectivity index (χ1v) is 4.00. The molecule has 3 heteroatoms. The maximum Gasteiger partial charge on any atom is 0.219 e. The Hall–Kier alpha value is -0.570. The van der Waals surface area contributed by atoms with Crippen LogP contribution in [0.1, 0.15) is 26.7 Å². The summed E-state index contributed by atoms with van der Waals surface area (Å²) in [5.74, 6) is 0.0760. The van der Waals surface area contributed by atoms with Crippen molar-refractivity contribution in [1.29, 1.82) is 0 Å². The summed E-state index contributed by atoms with van der Waals surface area (Å²) in [5, 5.41) is 2.53. The normalized spacial score (nSPS) is 8.00. The van der Waals surface area contributed by atoms with Gasteiger partial charge < -0.3 is 10.1 Å². The molecule has 0 saturated heterocycles. The minimum atomic E-state index is 0.0760. The van der Waals surface area contributed by atoms with E-state index < -0.39 is 0 Å². The van der Waals surface area contributed by atoms with Crippen LogP contribution in [0.2, 0.25) is 0 Å². The Bertz CT molecular complexity index is 84.2. The van der Waals surface area contributed by atoms with Crippen molar-refractivity contribution in [3.05, 3.63) is 0 Å². The summed E-state index contributed by atoms with van der Waals surface area (Å²) in [7, 11) is 3.26. The lowest BCUT2D eigenvalue weighted by Gasteiger charge is -1.97. The van der Waals surface area contributed by atoms with E-state index in [0.29, 0.717) is 13.0 Å². The molecule has 0 rings (SSSR count). The Morgan fingerprint density at radius 1 is 1.45 bits per heavy atom. The van der Waals surface area contributed by atoms with Crippen LogP contribution >= 0.6 is 0 Å². The number of nitrogens with one attached hydrogen (secondary N) is 1. The highest BCUT2D eigenvalue weighted by molar-refractivity contribution is 5.75. The molecule has 0 aliphatic carbocycles. The van der Waals surface area contributed by atoms with Crippen LogP contribution in [0.3, 0.4) is 0 Å². The second-order valence-corrected chi connectivity index (χ2v) is 1.77. The van der Waals surface area contributed by atoms with E-state index in [1.54, 1.807) is 14.2 Å². The first kappa shape index (κ1) is 13.1. The number of hydrogen-bond acceptors (Lipinski definition) is 2. The van der Waals surface area contributed by atoms with Gasteiger partial charge in [-0.05, 0) is 6.42 Å². The lowest BCUT2D eigenvalue weighted by molar-refractivity contribution is -0.120. The number of hydrogen-bond donors (Lipinski definition) is 1. The summed E-state index contributed by atoms with van der Waals surface area (Å²) >= 11 is 0. The first-order chi connectivity index (χ1) is 5.31. The fraction of sp³-hybridized carbons (Fsp3) is 0.875. The molecule has 0 aliphatic heterocycles. The second kappa shape index (κ2) is 12.1. The molecule has 68 valence electrons. The fourth-order valence-electron chi connectivity index (χ4n) is 0.502. The van der Waals surface area contributed by atoms with Crippen LogP contribution in [0.25, 0.3) is 0 Å². The molecule has 1 N–H and O–H groups in total. The fourth-order valence-corrected chi connectivity index (χ4v) is 0.502. The topological polar surface area (TPSA) is 38.3 Å². The van der Waals surface area contributed by atoms with Gasteiger partial charge in [0.1, 0.15) is 0 Å². The van der Waals surface area contributed by atoms with E-state index in [2.05, 4.69) is 5.32 Å². The van der Waals surface area contributed by atoms with Crippen molar-refractivity contribution in [3.8, 4) is 0 Å². The van der Waals surface area contributed by atoms with Gasteiger partial charge in [0.25, 0.3) is 0 Å². The smallest absolute Gasteiger partial charge is 0.219 e. The number of carbonyl (C=O) groups is 1. The van der Waals surface area contributed by atoms with Gasteiger partial charge in [-0.1, -0.05) is 13.8 Å². The first-order valence-electron chi connectivity index (χ1n) is 4.00. The summed E-state index contributed by atoms with van der Waals surface area (Å²) in [6.07, 6.45) is 1.36. The molecule has 0 radical (unpaired) electrons. The van der Waals surface area contributed by atoms with Gasteiger partial charge in [-0.15, -0.1) is 0 Å². The molecule has 1 amide bonds. The van der Waals surface area contributed by atoms with E-state index in [1.807, 2.05) is 13.8 Å². The van der Waals surface area contributed by atoms with Crippen LogP contribution in [0.15, 0.2) is 0 Å². The molecule has 0 heterocycles. The third kappa shape index (κ3) is 12.6. The maximum atomic E-state index is 10.5. The van der Waals surface area contributed by atoms with E-state index in [9.17, 15) is 4.79 Å². The van der Waals surface area contributed by atoms with Crippen molar-refractivity contribution in [2.45, 2.75) is 26.7 Å². The molecular formula is C8H19NO2. The molecule has 11 heavy (non-hydrogen) atoms. The summed E-state index contributed by atoms with van der Waals surface area (Å²) < 4.78 is 4.76. The van der Waals surface area contributed by atoms with Gasteiger partial charge in [0.05, 0.1) is 0 Å². The van der Waals surface area contributed by atoms with Crippen LogP contribution in [0, 0.1) is 0 Å². The quantitative estimate of drug-likeness (QED) is 0.629. The van der Waals surface area contributed by atoms with Crippen LogP contribution in [0.5, 0.6) is 0 Å². The Morgan fingerprint density at radius 3 is 2.36 bits per heavy atom. The third-order valence-electron chi connectivity index (χ3n) is 1.03. The predicted molar refractivity (Wildman–Crippen MR) is 46.5 cm³/mol. The number of rotatable bonds is 4. The molecule has 0 unspecified atom stereocenters. The molecular weight excluding hydrogens is 142 g/mol. The van der Waals surface area contributed by atoms with Gasteiger partial charge in [-0.25, -0.2) is 0 Å². The van der Waals surface area contributed by atoms with Gasteiger partial charge in [0.2, 0.25) is 5.91 Å². The molecule has 3 nitrogen and oxygen atoms in total. The summed E-state index contributed by atoms with van der Waals surface area (Å²) in [6.45, 7) is 4.66. The summed E-state index contributed by atoms with van der Waals surface area (Å²) in [6, 6.07) is 0. The Balaban J connectivity index is 0. The number of methoxy groups -OCH3 is 1. The SMILES string of the molecule is CC.CNC(=O)CCCOC. The molecule has 0 aromatic heterocycles. The Labute approximate surface area is 69.1 Å². The molecule has 0 saturated carbocycles. The molecule has 0 atom stereocenters. The second-order valence-electron chi connectivity index (χ2n) is 1.77. The molecule has 0 bridgehead atoms. The largest absolute Gasteiger partial charge is 0.385 e. The highest BCUT2D eigenvalue weighted by Crippen LogP contribution is 1.87. The summed E-state index contributed by atoms with van der Waals surface area (Å²) in [5.41, 5.74) is 0. The van der Waals surface area contributed by atoms with E-state index >= 15 is 0 Å². The maximum absolute atomic E-state index is 10.5. The van der Waals surface area contributed by atoms with Crippen molar-refractivity contribution in [3.63, 3.8) is 0 Å². The van der Waals surface area contributed by atoms with Crippen LogP contribution in [0.4, 0.5) is 0 Å². The number of ether oxygens (including phenoxy) is 1. The zero-order valence-corrected chi connectivity index (χ0v) is 7.94. The van der Waals surface area contributed by atoms with Crippen molar-refractivity contribution in [2.75, 3.05) is 20.8 Å². The number of amides is 1. The van der Waals surface area contributed by atoms with Gasteiger partial charge >= 0.3 is 0 Å². The molecule has 0 spiro atoms. The van der Waals surface area contributed by atoms with Gasteiger partial charge in [-0.3, -0.25) is 4.79 Å². The average molecular weight is 161 g/mol. The monoisotopic (exact) mass is 161 g/mol. The van der Waals surface area contributed by atoms with Gasteiger partial charge in [-0.2, -0.15) is 0 Å². The predicted octanol–water partition coefficient (Wildman–Crippen LogP) is 1.19. The van der Waals surface area contributed by atoms with Crippen molar-refractivity contribution in [1.82, 2.24) is 5.32 Å². The minimum absolute atomic E-state index is 0.0760. The minimum Gasteiger partial charge on any atom is -0.385 e. The Kier molecular flexibility index (Phi) is 14.4. The standard InChI is InChI=1S/C6H13NO2.C2H6/c1-7-6(8)4-3-5-9-2;1-2/h3-5H2,1-2H3,(H,7,8);1-2H3. The number of carbonyl (C=O) groups excluding carboxylic acids is 1. The average Bonchev–Trinajstić information content (AvgIpc) is 2.08. The zero-order chi connectivity index (χ0) is 9.11. The van der Waals surface area contributed by atoms with Crippen LogP contribution in [-0.4, -0.2) is 26.7 Å². The van der Waals surface area contributed by atoms with E-state index in [4.69, 9.17) is 4.74 Å². The van der Waals surface area contributed by atoms with E-state index in [-0.39, 0.29) is 5.91 Å². The molecule has 0 aromatic carbocycles. The highest BCUT2D eigenvalue weighted by Gasteiger charge is 1.94. The van der Waals surface area contributed by atoms with Crippen LogP contribution in [-0.2, 0) is 9.53 Å². The van der Waals surface area contributed by atoms with Gasteiger partial charge in [0, 0.05) is 27.2 Å². The van der Waals surface area contributed by atoms with E-state index in [1.165, 1.54) is 0 Å². The molecule has 0 aliphatic rings. The van der Waals surface area contributed by atoms with Crippen LogP contribution < -0.4 is 5.32 Å². The lowest BCUT2D eigenvalue weighted by atomic mass is 10.3. The third-order valence-corrected chi connectivity index (χ3v) is 1.03. The lowest BCUT2D eigenvalue weighted by Crippen LogP contribution is -2.17. The van der Waals surface area contributed by atoms with Crippen molar-refractivity contribution >= 4 is 5.91 Å². The van der Waals surface area contributed by atoms with E-state index in [0.717, 1.165) is 6.42 Å². The van der Waals surface area contributed by atoms with Crippen molar-refractivity contribution in [2.24, 2.45) is 0 Å². The van der Waals surface area contributed by atoms with Crippen molar-refractivity contribution < 1.29 is 9.53 Å². The highest BCUT2D eigenvalue weighted by atomic mass is 16.5. The molecule has 0 aromatic rings. The molecule has 0 fully saturated rings. The Morgan fingerprint density at radius 2 is 2.00 bits per heavy atom.